The zero-order chi connectivity index (χ0) is 13.1. The van der Waals surface area contributed by atoms with Crippen LogP contribution in [0.3, 0.4) is 0 Å². The Hall–Kier alpha value is -2.83. The molecule has 0 aliphatic rings. The van der Waals surface area contributed by atoms with Gasteiger partial charge in [-0.3, -0.25) is 14.7 Å². The summed E-state index contributed by atoms with van der Waals surface area (Å²) >= 11 is 0. The van der Waals surface area contributed by atoms with Gasteiger partial charge in [0.15, 0.2) is 0 Å². The highest BCUT2D eigenvalue weighted by atomic mass is 16.2. The van der Waals surface area contributed by atoms with E-state index in [-0.39, 0.29) is 11.3 Å². The number of H-pyrrole nitrogens is 1. The molecule has 7 heteroatoms. The molecule has 1 aromatic heterocycles. The van der Waals surface area contributed by atoms with Gasteiger partial charge in [-0.25, -0.2) is 4.68 Å². The fourth-order valence-corrected chi connectivity index (χ4v) is 1.59. The average Bonchev–Trinajstić information content (AvgIpc) is 2.69. The third-order valence-corrected chi connectivity index (χ3v) is 2.39. The summed E-state index contributed by atoms with van der Waals surface area (Å²) < 4.78 is 1.21. The minimum Gasteiger partial charge on any atom is -0.364 e. The van der Waals surface area contributed by atoms with E-state index >= 15 is 0 Å². The number of aromatic nitrogens is 2. The van der Waals surface area contributed by atoms with Crippen molar-refractivity contribution in [3.63, 3.8) is 0 Å². The van der Waals surface area contributed by atoms with Crippen LogP contribution in [0.25, 0.3) is 5.69 Å². The van der Waals surface area contributed by atoms with Crippen molar-refractivity contribution in [1.82, 2.24) is 9.78 Å². The molecule has 0 fully saturated rings. The molecule has 0 aliphatic heterocycles. The number of primary amides is 1. The van der Waals surface area contributed by atoms with Crippen molar-refractivity contribution in [3.8, 4) is 5.69 Å². The minimum atomic E-state index is -0.753. The zero-order valence-electron chi connectivity index (χ0n) is 9.33. The molecule has 0 unspecified atom stereocenters. The number of benzene rings is 1. The van der Waals surface area contributed by atoms with Gasteiger partial charge in [-0.1, -0.05) is 18.2 Å². The van der Waals surface area contributed by atoms with E-state index in [0.29, 0.717) is 5.69 Å². The van der Waals surface area contributed by atoms with Gasteiger partial charge in [0, 0.05) is 0 Å². The molecular weight excluding hydrogens is 234 g/mol. The lowest BCUT2D eigenvalue weighted by molar-refractivity contribution is 0.0995. The lowest BCUT2D eigenvalue weighted by atomic mass is 10.2. The standard InChI is InChI=1S/C11H11N5O2/c12-10(17)9-8(6-14-13)11(18)16(15-9)7-4-2-1-3-5-7/h1-6,15H,13H2,(H2,12,17). The lowest BCUT2D eigenvalue weighted by Crippen LogP contribution is -2.18. The van der Waals surface area contributed by atoms with Crippen molar-refractivity contribution in [2.24, 2.45) is 16.7 Å². The number of hydrogen-bond donors (Lipinski definition) is 3. The average molecular weight is 245 g/mol. The number of nitrogens with two attached hydrogens (primary N) is 2. The third-order valence-electron chi connectivity index (χ3n) is 2.39. The number of rotatable bonds is 3. The molecule has 1 heterocycles. The second-order valence-corrected chi connectivity index (χ2v) is 3.52. The maximum atomic E-state index is 12.1. The van der Waals surface area contributed by atoms with E-state index in [2.05, 4.69) is 10.2 Å². The molecule has 1 amide bonds. The quantitative estimate of drug-likeness (QED) is 0.386. The Balaban J connectivity index is 2.68. The van der Waals surface area contributed by atoms with Crippen LogP contribution in [0.5, 0.6) is 0 Å². The largest absolute Gasteiger partial charge is 0.364 e. The fraction of sp³-hybridized carbons (Fsp3) is 0. The molecule has 18 heavy (non-hydrogen) atoms. The Kier molecular flexibility index (Phi) is 2.96. The maximum Gasteiger partial charge on any atom is 0.280 e. The van der Waals surface area contributed by atoms with Crippen molar-refractivity contribution < 1.29 is 4.79 Å². The van der Waals surface area contributed by atoms with Crippen LogP contribution in [0, 0.1) is 0 Å². The van der Waals surface area contributed by atoms with Gasteiger partial charge in [-0.05, 0) is 12.1 Å². The van der Waals surface area contributed by atoms with Gasteiger partial charge in [-0.15, -0.1) is 0 Å². The Bertz CT molecular complexity index is 654. The number of carbonyl (C=O) groups is 1. The molecule has 0 atom stereocenters. The summed E-state index contributed by atoms with van der Waals surface area (Å²) in [6.45, 7) is 0. The molecule has 0 spiro atoms. The van der Waals surface area contributed by atoms with E-state index in [1.807, 2.05) is 6.07 Å². The van der Waals surface area contributed by atoms with Crippen molar-refractivity contribution >= 4 is 12.1 Å². The number of amides is 1. The Morgan fingerprint density at radius 1 is 1.33 bits per heavy atom. The first-order valence-corrected chi connectivity index (χ1v) is 5.08. The van der Waals surface area contributed by atoms with E-state index in [4.69, 9.17) is 11.6 Å². The van der Waals surface area contributed by atoms with Crippen molar-refractivity contribution in [3.05, 3.63) is 51.9 Å². The maximum absolute atomic E-state index is 12.1. The van der Waals surface area contributed by atoms with E-state index in [1.54, 1.807) is 24.3 Å². The number of hydrogen-bond acceptors (Lipinski definition) is 4. The van der Waals surface area contributed by atoms with Crippen LogP contribution in [-0.4, -0.2) is 21.9 Å². The fourth-order valence-electron chi connectivity index (χ4n) is 1.59. The Labute approximate surface area is 102 Å². The number of aromatic amines is 1. The predicted molar refractivity (Wildman–Crippen MR) is 66.7 cm³/mol. The van der Waals surface area contributed by atoms with Gasteiger partial charge in [0.25, 0.3) is 11.5 Å². The molecule has 92 valence electrons. The predicted octanol–water partition coefficient (Wildman–Crippen LogP) is -0.443. The van der Waals surface area contributed by atoms with Crippen LogP contribution >= 0.6 is 0 Å². The Morgan fingerprint density at radius 2 is 2.00 bits per heavy atom. The van der Waals surface area contributed by atoms with Crippen LogP contribution < -0.4 is 17.1 Å². The minimum absolute atomic E-state index is 0.0296. The second kappa shape index (κ2) is 4.58. The van der Waals surface area contributed by atoms with Crippen molar-refractivity contribution in [2.45, 2.75) is 0 Å². The molecule has 2 rings (SSSR count). The third kappa shape index (κ3) is 1.88. The van der Waals surface area contributed by atoms with Crippen LogP contribution in [0.1, 0.15) is 16.1 Å². The highest BCUT2D eigenvalue weighted by Gasteiger charge is 2.17. The molecule has 5 N–H and O–H groups in total. The number of nitrogens with one attached hydrogen (secondary N) is 1. The molecule has 0 radical (unpaired) electrons. The van der Waals surface area contributed by atoms with Crippen LogP contribution in [0.2, 0.25) is 0 Å². The lowest BCUT2D eigenvalue weighted by Gasteiger charge is -1.99. The summed E-state index contributed by atoms with van der Waals surface area (Å²) in [6.07, 6.45) is 1.10. The molecule has 0 saturated carbocycles. The summed E-state index contributed by atoms with van der Waals surface area (Å²) in [7, 11) is 0. The van der Waals surface area contributed by atoms with Gasteiger partial charge in [0.1, 0.15) is 5.69 Å². The van der Waals surface area contributed by atoms with Crippen LogP contribution in [0.4, 0.5) is 0 Å². The molecule has 7 nitrogen and oxygen atoms in total. The number of para-hydroxylation sites is 1. The zero-order valence-corrected chi connectivity index (χ0v) is 9.33. The monoisotopic (exact) mass is 245 g/mol. The first kappa shape index (κ1) is 11.6. The highest BCUT2D eigenvalue weighted by Crippen LogP contribution is 2.05. The number of nitrogens with zero attached hydrogens (tertiary/aromatic N) is 2. The van der Waals surface area contributed by atoms with Gasteiger partial charge in [-0.2, -0.15) is 5.10 Å². The number of hydrazone groups is 1. The molecule has 0 aliphatic carbocycles. The first-order chi connectivity index (χ1) is 8.65. The summed E-state index contributed by atoms with van der Waals surface area (Å²) in [5, 5.41) is 5.88. The Morgan fingerprint density at radius 3 is 2.56 bits per heavy atom. The summed E-state index contributed by atoms with van der Waals surface area (Å²) in [6, 6.07) is 8.78. The molecule has 0 bridgehead atoms. The first-order valence-electron chi connectivity index (χ1n) is 5.08. The molecule has 2 aromatic rings. The topological polar surface area (TPSA) is 119 Å². The summed E-state index contributed by atoms with van der Waals surface area (Å²) in [5.74, 6) is 4.25. The summed E-state index contributed by atoms with van der Waals surface area (Å²) in [4.78, 5) is 23.3. The van der Waals surface area contributed by atoms with Crippen molar-refractivity contribution in [1.29, 1.82) is 0 Å². The van der Waals surface area contributed by atoms with E-state index in [1.165, 1.54) is 4.68 Å². The molecule has 1 aromatic carbocycles. The second-order valence-electron chi connectivity index (χ2n) is 3.52. The normalized spacial score (nSPS) is 10.9. The SMILES string of the molecule is NN=Cc1c(C(N)=O)[nH]n(-c2ccccc2)c1=O. The highest BCUT2D eigenvalue weighted by molar-refractivity contribution is 5.99. The smallest absolute Gasteiger partial charge is 0.280 e. The van der Waals surface area contributed by atoms with E-state index in [9.17, 15) is 9.59 Å². The number of carbonyl (C=O) groups excluding carboxylic acids is 1. The molecule has 0 saturated heterocycles. The molecular formula is C11H11N5O2. The van der Waals surface area contributed by atoms with Gasteiger partial charge >= 0.3 is 0 Å². The van der Waals surface area contributed by atoms with Gasteiger partial charge < -0.3 is 11.6 Å². The van der Waals surface area contributed by atoms with Gasteiger partial charge in [0.2, 0.25) is 0 Å². The van der Waals surface area contributed by atoms with E-state index < -0.39 is 11.5 Å². The van der Waals surface area contributed by atoms with Crippen LogP contribution in [0.15, 0.2) is 40.2 Å². The van der Waals surface area contributed by atoms with Gasteiger partial charge in [0.05, 0.1) is 17.5 Å². The van der Waals surface area contributed by atoms with E-state index in [0.717, 1.165) is 6.21 Å². The van der Waals surface area contributed by atoms with Crippen LogP contribution in [-0.2, 0) is 0 Å². The van der Waals surface area contributed by atoms with Crippen molar-refractivity contribution in [2.75, 3.05) is 0 Å². The summed E-state index contributed by atoms with van der Waals surface area (Å²) in [5.41, 5.74) is 5.33.